The van der Waals surface area contributed by atoms with Crippen molar-refractivity contribution in [1.82, 2.24) is 10.6 Å². The van der Waals surface area contributed by atoms with Crippen molar-refractivity contribution in [3.63, 3.8) is 0 Å². The van der Waals surface area contributed by atoms with Gasteiger partial charge in [0.2, 0.25) is 0 Å². The number of nitrogens with one attached hydrogen (secondary N) is 2. The molecule has 23 heavy (non-hydrogen) atoms. The van der Waals surface area contributed by atoms with Crippen molar-refractivity contribution >= 4 is 11.9 Å². The second-order valence-corrected chi connectivity index (χ2v) is 5.91. The molecule has 0 bridgehead atoms. The van der Waals surface area contributed by atoms with E-state index in [2.05, 4.69) is 16.7 Å². The standard InChI is InChI=1S/C17H25N3O3/c1-13(15-8-5-11-23-15)19-12-16(21)20-17(22)18-10-9-14-6-3-2-4-7-14/h5-6,8,11,13,19H,2-4,7,9-10,12H2,1H3,(H2,18,20,21,22)/p+1/t13-/m1/s1. The van der Waals surface area contributed by atoms with Crippen LogP contribution in [0.3, 0.4) is 0 Å². The van der Waals surface area contributed by atoms with Crippen LogP contribution in [0.2, 0.25) is 0 Å². The summed E-state index contributed by atoms with van der Waals surface area (Å²) in [4.78, 5) is 23.4. The van der Waals surface area contributed by atoms with Gasteiger partial charge in [0.25, 0.3) is 5.91 Å². The number of hydrogen-bond acceptors (Lipinski definition) is 3. The molecule has 0 aliphatic heterocycles. The van der Waals surface area contributed by atoms with Crippen LogP contribution in [-0.2, 0) is 4.79 Å². The van der Waals surface area contributed by atoms with Crippen LogP contribution >= 0.6 is 0 Å². The number of allylic oxidation sites excluding steroid dienone is 1. The number of carbonyl (C=O) groups excluding carboxylic acids is 2. The fraction of sp³-hybridized carbons (Fsp3) is 0.529. The Morgan fingerprint density at radius 2 is 2.26 bits per heavy atom. The summed E-state index contributed by atoms with van der Waals surface area (Å²) >= 11 is 0. The molecule has 1 aromatic rings. The minimum Gasteiger partial charge on any atom is -0.463 e. The minimum atomic E-state index is -0.425. The van der Waals surface area contributed by atoms with Gasteiger partial charge in [-0.2, -0.15) is 0 Å². The normalized spacial score (nSPS) is 15.6. The number of imide groups is 1. The van der Waals surface area contributed by atoms with Crippen LogP contribution in [0, 0.1) is 0 Å². The number of quaternary nitrogens is 1. The summed E-state index contributed by atoms with van der Waals surface area (Å²) in [5.41, 5.74) is 1.41. The number of urea groups is 1. The van der Waals surface area contributed by atoms with E-state index >= 15 is 0 Å². The van der Waals surface area contributed by atoms with Crippen LogP contribution in [0.1, 0.15) is 50.8 Å². The molecule has 0 saturated carbocycles. The molecule has 0 saturated heterocycles. The van der Waals surface area contributed by atoms with Gasteiger partial charge in [-0.3, -0.25) is 10.1 Å². The third kappa shape index (κ3) is 6.28. The highest BCUT2D eigenvalue weighted by atomic mass is 16.3. The predicted molar refractivity (Wildman–Crippen MR) is 86.6 cm³/mol. The van der Waals surface area contributed by atoms with Crippen LogP contribution in [-0.4, -0.2) is 25.0 Å². The number of rotatable bonds is 7. The van der Waals surface area contributed by atoms with Crippen LogP contribution < -0.4 is 16.0 Å². The number of nitrogens with two attached hydrogens (primary N) is 1. The maximum atomic E-state index is 11.7. The Labute approximate surface area is 136 Å². The van der Waals surface area contributed by atoms with E-state index < -0.39 is 6.03 Å². The Hall–Kier alpha value is -2.08. The third-order valence-corrected chi connectivity index (χ3v) is 4.02. The van der Waals surface area contributed by atoms with E-state index in [1.54, 1.807) is 6.26 Å². The van der Waals surface area contributed by atoms with Gasteiger partial charge < -0.3 is 15.1 Å². The summed E-state index contributed by atoms with van der Waals surface area (Å²) in [6.45, 7) is 2.70. The smallest absolute Gasteiger partial charge is 0.321 e. The summed E-state index contributed by atoms with van der Waals surface area (Å²) in [5, 5.41) is 6.91. The van der Waals surface area contributed by atoms with E-state index in [9.17, 15) is 9.59 Å². The third-order valence-electron chi connectivity index (χ3n) is 4.02. The summed E-state index contributed by atoms with van der Waals surface area (Å²) in [6.07, 6.45) is 9.50. The largest absolute Gasteiger partial charge is 0.463 e. The first-order chi connectivity index (χ1) is 11.1. The monoisotopic (exact) mass is 320 g/mol. The predicted octanol–water partition coefficient (Wildman–Crippen LogP) is 1.62. The number of hydrogen-bond donors (Lipinski definition) is 3. The lowest BCUT2D eigenvalue weighted by molar-refractivity contribution is -0.684. The van der Waals surface area contributed by atoms with E-state index in [0.717, 1.165) is 25.0 Å². The Morgan fingerprint density at radius 1 is 1.39 bits per heavy atom. The van der Waals surface area contributed by atoms with E-state index in [4.69, 9.17) is 4.42 Å². The van der Waals surface area contributed by atoms with Gasteiger partial charge in [-0.1, -0.05) is 11.6 Å². The van der Waals surface area contributed by atoms with Crippen LogP contribution in [0.15, 0.2) is 34.5 Å². The van der Waals surface area contributed by atoms with Crippen molar-refractivity contribution < 1.29 is 19.3 Å². The second kappa shape index (κ2) is 9.15. The SMILES string of the molecule is C[C@@H]([NH2+]CC(=O)NC(=O)NCCC1=CCCCC1)c1ccco1. The molecule has 2 rings (SSSR count). The quantitative estimate of drug-likeness (QED) is 0.667. The molecule has 0 unspecified atom stereocenters. The highest BCUT2D eigenvalue weighted by Crippen LogP contribution is 2.19. The topological polar surface area (TPSA) is 88.0 Å². The molecular formula is C17H26N3O3+. The van der Waals surface area contributed by atoms with Crippen molar-refractivity contribution in [1.29, 1.82) is 0 Å². The first-order valence-electron chi connectivity index (χ1n) is 8.27. The molecule has 0 radical (unpaired) electrons. The van der Waals surface area contributed by atoms with Gasteiger partial charge in [0.15, 0.2) is 12.3 Å². The van der Waals surface area contributed by atoms with Gasteiger partial charge in [-0.05, 0) is 51.2 Å². The molecule has 1 atom stereocenters. The summed E-state index contributed by atoms with van der Waals surface area (Å²) in [7, 11) is 0. The maximum Gasteiger partial charge on any atom is 0.321 e. The Morgan fingerprint density at radius 3 is 2.96 bits per heavy atom. The Bertz CT molecular complexity index is 537. The van der Waals surface area contributed by atoms with E-state index in [-0.39, 0.29) is 18.5 Å². The van der Waals surface area contributed by atoms with Crippen molar-refractivity contribution in [3.05, 3.63) is 35.8 Å². The van der Waals surface area contributed by atoms with E-state index in [1.807, 2.05) is 24.4 Å². The Balaban J connectivity index is 1.58. The minimum absolute atomic E-state index is 0.0389. The maximum absolute atomic E-state index is 11.7. The Kier molecular flexibility index (Phi) is 6.87. The van der Waals surface area contributed by atoms with Crippen LogP contribution in [0.25, 0.3) is 0 Å². The van der Waals surface area contributed by atoms with Crippen LogP contribution in [0.4, 0.5) is 4.79 Å². The zero-order valence-electron chi connectivity index (χ0n) is 13.6. The molecule has 6 nitrogen and oxygen atoms in total. The van der Waals surface area contributed by atoms with Gasteiger partial charge >= 0.3 is 6.03 Å². The lowest BCUT2D eigenvalue weighted by Crippen LogP contribution is -2.87. The molecule has 1 aromatic heterocycles. The van der Waals surface area contributed by atoms with Crippen molar-refractivity contribution in [3.8, 4) is 0 Å². The molecule has 0 spiro atoms. The molecule has 3 amide bonds. The fourth-order valence-electron chi connectivity index (χ4n) is 2.64. The number of amides is 3. The van der Waals surface area contributed by atoms with Crippen molar-refractivity contribution in [2.75, 3.05) is 13.1 Å². The van der Waals surface area contributed by atoms with Gasteiger partial charge in [0.05, 0.1) is 6.26 Å². The number of furan rings is 1. The lowest BCUT2D eigenvalue weighted by atomic mass is 9.97. The molecule has 4 N–H and O–H groups in total. The molecule has 1 aliphatic rings. The highest BCUT2D eigenvalue weighted by molar-refractivity contribution is 5.94. The van der Waals surface area contributed by atoms with Crippen molar-refractivity contribution in [2.24, 2.45) is 0 Å². The van der Waals surface area contributed by atoms with E-state index in [0.29, 0.717) is 6.54 Å². The first kappa shape index (κ1) is 17.3. The van der Waals surface area contributed by atoms with Crippen LogP contribution in [0.5, 0.6) is 0 Å². The van der Waals surface area contributed by atoms with Gasteiger partial charge in [0, 0.05) is 6.54 Å². The first-order valence-corrected chi connectivity index (χ1v) is 8.27. The molecule has 6 heteroatoms. The molecule has 0 fully saturated rings. The molecule has 0 aromatic carbocycles. The molecule has 1 heterocycles. The molecule has 1 aliphatic carbocycles. The van der Waals surface area contributed by atoms with Gasteiger partial charge in [-0.15, -0.1) is 0 Å². The molecule has 126 valence electrons. The summed E-state index contributed by atoms with van der Waals surface area (Å²) in [5.74, 6) is 0.501. The zero-order chi connectivity index (χ0) is 16.5. The summed E-state index contributed by atoms with van der Waals surface area (Å²) < 4.78 is 5.27. The molecular weight excluding hydrogens is 294 g/mol. The average Bonchev–Trinajstić information content (AvgIpc) is 3.08. The summed E-state index contributed by atoms with van der Waals surface area (Å²) in [6, 6.07) is 3.29. The second-order valence-electron chi connectivity index (χ2n) is 5.91. The highest BCUT2D eigenvalue weighted by Gasteiger charge is 2.15. The fourth-order valence-corrected chi connectivity index (χ4v) is 2.64. The van der Waals surface area contributed by atoms with E-state index in [1.165, 1.54) is 18.4 Å². The lowest BCUT2D eigenvalue weighted by Gasteiger charge is -2.13. The van der Waals surface area contributed by atoms with Crippen molar-refractivity contribution in [2.45, 2.75) is 45.1 Å². The van der Waals surface area contributed by atoms with Gasteiger partial charge in [0.1, 0.15) is 6.04 Å². The zero-order valence-corrected chi connectivity index (χ0v) is 13.6. The van der Waals surface area contributed by atoms with Gasteiger partial charge in [-0.25, -0.2) is 4.79 Å². The number of carbonyl (C=O) groups is 2. The average molecular weight is 320 g/mol.